The Morgan fingerprint density at radius 2 is 2.07 bits per heavy atom. The van der Waals surface area contributed by atoms with Crippen molar-refractivity contribution in [1.29, 1.82) is 0 Å². The van der Waals surface area contributed by atoms with Gasteiger partial charge in [0, 0.05) is 38.2 Å². The Morgan fingerprint density at radius 3 is 2.70 bits per heavy atom. The Balaban J connectivity index is 1.71. The van der Waals surface area contributed by atoms with Crippen molar-refractivity contribution in [1.82, 2.24) is 16.0 Å². The molecule has 5 N–H and O–H groups in total. The van der Waals surface area contributed by atoms with Crippen LogP contribution in [0.5, 0.6) is 0 Å². The Kier molecular flexibility index (Phi) is 8.08. The highest BCUT2D eigenvalue weighted by molar-refractivity contribution is 5.90. The van der Waals surface area contributed by atoms with Gasteiger partial charge in [0.1, 0.15) is 6.04 Å². The fraction of sp³-hybridized carbons (Fsp3) is 0.444. The normalized spacial score (nSPS) is 14.3. The van der Waals surface area contributed by atoms with Crippen LogP contribution in [0.1, 0.15) is 24.8 Å². The second-order valence-corrected chi connectivity index (χ2v) is 6.17. The first-order valence-electron chi connectivity index (χ1n) is 8.92. The van der Waals surface area contributed by atoms with E-state index in [4.69, 9.17) is 5.11 Å². The molecule has 27 heavy (non-hydrogen) atoms. The van der Waals surface area contributed by atoms with Crippen molar-refractivity contribution in [2.24, 2.45) is 4.99 Å². The largest absolute Gasteiger partial charge is 0.480 e. The highest BCUT2D eigenvalue weighted by Gasteiger charge is 2.16. The van der Waals surface area contributed by atoms with Gasteiger partial charge in [-0.3, -0.25) is 14.6 Å². The molecule has 0 fully saturated rings. The number of guanidine groups is 1. The van der Waals surface area contributed by atoms with Gasteiger partial charge in [-0.05, 0) is 30.5 Å². The minimum Gasteiger partial charge on any atom is -0.480 e. The highest BCUT2D eigenvalue weighted by atomic mass is 16.4. The standard InChI is InChI=1S/C18H25N5O4/c24-12-22-15(17(26)27)11-13-4-6-14(7-5-13)23-16(25)3-1-8-19-18-20-9-2-10-21-18/h4-7,12,15H,1-3,8-11H2,(H,22,24)(H,23,25)(H,26,27)(H2,19,20,21). The zero-order valence-corrected chi connectivity index (χ0v) is 15.0. The van der Waals surface area contributed by atoms with Crippen LogP contribution in [-0.4, -0.2) is 55.0 Å². The smallest absolute Gasteiger partial charge is 0.326 e. The maximum absolute atomic E-state index is 12.0. The van der Waals surface area contributed by atoms with E-state index in [0.717, 1.165) is 31.0 Å². The van der Waals surface area contributed by atoms with Gasteiger partial charge in [0.2, 0.25) is 12.3 Å². The molecular formula is C18H25N5O4. The lowest BCUT2D eigenvalue weighted by Crippen LogP contribution is -2.41. The monoisotopic (exact) mass is 375 g/mol. The first-order valence-corrected chi connectivity index (χ1v) is 8.92. The number of carbonyl (C=O) groups excluding carboxylic acids is 2. The summed E-state index contributed by atoms with van der Waals surface area (Å²) in [5, 5.41) is 20.4. The average Bonchev–Trinajstić information content (AvgIpc) is 2.67. The summed E-state index contributed by atoms with van der Waals surface area (Å²) >= 11 is 0. The Bertz CT molecular complexity index is 675. The summed E-state index contributed by atoms with van der Waals surface area (Å²) in [5.74, 6) is -0.391. The van der Waals surface area contributed by atoms with E-state index < -0.39 is 12.0 Å². The van der Waals surface area contributed by atoms with Crippen LogP contribution in [0.4, 0.5) is 5.69 Å². The van der Waals surface area contributed by atoms with E-state index in [-0.39, 0.29) is 12.3 Å². The van der Waals surface area contributed by atoms with Crippen LogP contribution in [0.25, 0.3) is 0 Å². The molecule has 0 saturated carbocycles. The van der Waals surface area contributed by atoms with Gasteiger partial charge in [-0.15, -0.1) is 0 Å². The summed E-state index contributed by atoms with van der Waals surface area (Å²) in [7, 11) is 0. The molecule has 1 aromatic carbocycles. The third-order valence-electron chi connectivity index (χ3n) is 4.02. The van der Waals surface area contributed by atoms with Gasteiger partial charge < -0.3 is 26.4 Å². The predicted octanol–water partition coefficient (Wildman–Crippen LogP) is 0.0859. The molecule has 1 atom stereocenters. The third-order valence-corrected chi connectivity index (χ3v) is 4.02. The lowest BCUT2D eigenvalue weighted by atomic mass is 10.1. The minimum absolute atomic E-state index is 0.0888. The SMILES string of the molecule is O=CNC(Cc1ccc(NC(=O)CCCNC2=NCCCN2)cc1)C(=O)O. The summed E-state index contributed by atoms with van der Waals surface area (Å²) in [6.07, 6.45) is 2.65. The van der Waals surface area contributed by atoms with Gasteiger partial charge >= 0.3 is 5.97 Å². The summed E-state index contributed by atoms with van der Waals surface area (Å²) in [6.45, 7) is 2.41. The molecule has 2 amide bonds. The van der Waals surface area contributed by atoms with E-state index in [0.29, 0.717) is 31.5 Å². The van der Waals surface area contributed by atoms with Gasteiger partial charge in [0.15, 0.2) is 5.96 Å². The molecule has 1 heterocycles. The van der Waals surface area contributed by atoms with Crippen LogP contribution in [0.2, 0.25) is 0 Å². The number of aliphatic imine (C=N–C) groups is 1. The number of hydrogen-bond donors (Lipinski definition) is 5. The third kappa shape index (κ3) is 7.35. The molecule has 1 aliphatic rings. The highest BCUT2D eigenvalue weighted by Crippen LogP contribution is 2.12. The van der Waals surface area contributed by atoms with Crippen LogP contribution in [0.3, 0.4) is 0 Å². The summed E-state index contributed by atoms with van der Waals surface area (Å²) in [4.78, 5) is 37.8. The predicted molar refractivity (Wildman–Crippen MR) is 102 cm³/mol. The number of carboxylic acid groups (broad SMARTS) is 1. The Hall–Kier alpha value is -3.10. The Labute approximate surface area is 157 Å². The molecular weight excluding hydrogens is 350 g/mol. The van der Waals surface area contributed by atoms with Crippen LogP contribution in [0, 0.1) is 0 Å². The summed E-state index contributed by atoms with van der Waals surface area (Å²) in [5.41, 5.74) is 1.39. The van der Waals surface area contributed by atoms with Crippen molar-refractivity contribution in [2.75, 3.05) is 25.0 Å². The fourth-order valence-corrected chi connectivity index (χ4v) is 2.59. The van der Waals surface area contributed by atoms with Crippen LogP contribution in [0.15, 0.2) is 29.3 Å². The lowest BCUT2D eigenvalue weighted by Gasteiger charge is -2.15. The van der Waals surface area contributed by atoms with Gasteiger partial charge in [0.05, 0.1) is 0 Å². The minimum atomic E-state index is -1.09. The molecule has 0 aromatic heterocycles. The molecule has 0 radical (unpaired) electrons. The van der Waals surface area contributed by atoms with Crippen LogP contribution < -0.4 is 21.3 Å². The molecule has 0 spiro atoms. The van der Waals surface area contributed by atoms with Gasteiger partial charge in [-0.1, -0.05) is 12.1 Å². The van der Waals surface area contributed by atoms with E-state index in [1.54, 1.807) is 24.3 Å². The first kappa shape index (κ1) is 20.2. The summed E-state index contributed by atoms with van der Waals surface area (Å²) in [6, 6.07) is 5.91. The number of rotatable bonds is 10. The zero-order chi connectivity index (χ0) is 19.5. The lowest BCUT2D eigenvalue weighted by molar-refractivity contribution is -0.140. The maximum atomic E-state index is 12.0. The van der Waals surface area contributed by atoms with Gasteiger partial charge in [-0.25, -0.2) is 4.79 Å². The molecule has 9 heteroatoms. The van der Waals surface area contributed by atoms with Crippen molar-refractivity contribution in [3.8, 4) is 0 Å². The topological polar surface area (TPSA) is 132 Å². The molecule has 0 aliphatic carbocycles. The van der Waals surface area contributed by atoms with Crippen molar-refractivity contribution < 1.29 is 19.5 Å². The Morgan fingerprint density at radius 1 is 1.30 bits per heavy atom. The van der Waals surface area contributed by atoms with Gasteiger partial charge in [-0.2, -0.15) is 0 Å². The zero-order valence-electron chi connectivity index (χ0n) is 15.0. The van der Waals surface area contributed by atoms with E-state index in [9.17, 15) is 14.4 Å². The maximum Gasteiger partial charge on any atom is 0.326 e. The molecule has 0 saturated heterocycles. The summed E-state index contributed by atoms with van der Waals surface area (Å²) < 4.78 is 0. The number of amides is 2. The number of nitrogens with one attached hydrogen (secondary N) is 4. The van der Waals surface area contributed by atoms with Crippen molar-refractivity contribution >= 4 is 29.9 Å². The van der Waals surface area contributed by atoms with Crippen LogP contribution >= 0.6 is 0 Å². The second-order valence-electron chi connectivity index (χ2n) is 6.17. The molecule has 1 unspecified atom stereocenters. The fourth-order valence-electron chi connectivity index (χ4n) is 2.59. The molecule has 1 aromatic rings. The van der Waals surface area contributed by atoms with Crippen molar-refractivity contribution in [3.05, 3.63) is 29.8 Å². The molecule has 0 bridgehead atoms. The molecule has 146 valence electrons. The second kappa shape index (κ2) is 10.8. The number of carboxylic acids is 1. The van der Waals surface area contributed by atoms with E-state index >= 15 is 0 Å². The van der Waals surface area contributed by atoms with Crippen molar-refractivity contribution in [3.63, 3.8) is 0 Å². The van der Waals surface area contributed by atoms with E-state index in [1.165, 1.54) is 0 Å². The average molecular weight is 375 g/mol. The number of anilines is 1. The van der Waals surface area contributed by atoms with Crippen LogP contribution in [-0.2, 0) is 20.8 Å². The number of nitrogens with zero attached hydrogens (tertiary/aromatic N) is 1. The molecule has 9 nitrogen and oxygen atoms in total. The van der Waals surface area contributed by atoms with Crippen molar-refractivity contribution in [2.45, 2.75) is 31.7 Å². The van der Waals surface area contributed by atoms with E-state index in [1.807, 2.05) is 0 Å². The van der Waals surface area contributed by atoms with E-state index in [2.05, 4.69) is 26.3 Å². The first-order chi connectivity index (χ1) is 13.1. The number of benzene rings is 1. The number of carbonyl (C=O) groups is 3. The molecule has 1 aliphatic heterocycles. The number of aliphatic carboxylic acids is 1. The molecule has 2 rings (SSSR count). The number of hydrogen-bond acceptors (Lipinski definition) is 6. The van der Waals surface area contributed by atoms with Gasteiger partial charge in [0.25, 0.3) is 0 Å². The quantitative estimate of drug-likeness (QED) is 0.291.